The molecule has 2 N–H and O–H groups in total. The zero-order chi connectivity index (χ0) is 9.14. The fraction of sp³-hybridized carbons (Fsp3) is 1.00. The highest BCUT2D eigenvalue weighted by atomic mass is 16.5. The van der Waals surface area contributed by atoms with Crippen molar-refractivity contribution in [3.05, 3.63) is 0 Å². The SMILES string of the molecule is CC1CCC(O[C@H](C)N)CC1C. The maximum absolute atomic E-state index is 5.59. The zero-order valence-corrected chi connectivity index (χ0v) is 8.42. The summed E-state index contributed by atoms with van der Waals surface area (Å²) in [5.41, 5.74) is 5.58. The van der Waals surface area contributed by atoms with Crippen molar-refractivity contribution in [1.82, 2.24) is 0 Å². The third-order valence-corrected chi connectivity index (χ3v) is 2.96. The van der Waals surface area contributed by atoms with Crippen LogP contribution in [0.25, 0.3) is 0 Å². The van der Waals surface area contributed by atoms with Gasteiger partial charge in [0, 0.05) is 0 Å². The maximum Gasteiger partial charge on any atom is 0.103 e. The van der Waals surface area contributed by atoms with Crippen molar-refractivity contribution in [1.29, 1.82) is 0 Å². The van der Waals surface area contributed by atoms with Gasteiger partial charge in [0.25, 0.3) is 0 Å². The highest BCUT2D eigenvalue weighted by Crippen LogP contribution is 2.30. The second kappa shape index (κ2) is 4.24. The molecule has 0 aromatic carbocycles. The van der Waals surface area contributed by atoms with Crippen LogP contribution in [0, 0.1) is 11.8 Å². The Balaban J connectivity index is 2.30. The third kappa shape index (κ3) is 2.76. The van der Waals surface area contributed by atoms with Crippen molar-refractivity contribution in [2.75, 3.05) is 0 Å². The summed E-state index contributed by atoms with van der Waals surface area (Å²) in [6, 6.07) is 0. The Morgan fingerprint density at radius 2 is 1.92 bits per heavy atom. The Bertz CT molecular complexity index is 136. The normalized spacial score (nSPS) is 39.5. The van der Waals surface area contributed by atoms with Crippen LogP contribution in [0.15, 0.2) is 0 Å². The first-order valence-corrected chi connectivity index (χ1v) is 5.00. The molecule has 0 aromatic rings. The molecule has 12 heavy (non-hydrogen) atoms. The summed E-state index contributed by atoms with van der Waals surface area (Å²) in [6.07, 6.45) is 3.97. The first-order valence-electron chi connectivity index (χ1n) is 5.00. The molecule has 0 amide bonds. The van der Waals surface area contributed by atoms with Crippen molar-refractivity contribution in [2.24, 2.45) is 17.6 Å². The van der Waals surface area contributed by atoms with Crippen molar-refractivity contribution in [2.45, 2.75) is 52.4 Å². The molecular weight excluding hydrogens is 150 g/mol. The lowest BCUT2D eigenvalue weighted by molar-refractivity contribution is -0.0366. The van der Waals surface area contributed by atoms with Crippen LogP contribution >= 0.6 is 0 Å². The van der Waals surface area contributed by atoms with E-state index < -0.39 is 0 Å². The lowest BCUT2D eigenvalue weighted by Crippen LogP contribution is -2.32. The molecule has 0 bridgehead atoms. The molecule has 72 valence electrons. The lowest BCUT2D eigenvalue weighted by atomic mass is 9.80. The van der Waals surface area contributed by atoms with Crippen LogP contribution in [0.2, 0.25) is 0 Å². The minimum absolute atomic E-state index is 0.101. The molecule has 1 saturated carbocycles. The van der Waals surface area contributed by atoms with Crippen molar-refractivity contribution in [3.63, 3.8) is 0 Å². The topological polar surface area (TPSA) is 35.2 Å². The average Bonchev–Trinajstić information content (AvgIpc) is 1.96. The summed E-state index contributed by atoms with van der Waals surface area (Å²) >= 11 is 0. The van der Waals surface area contributed by atoms with E-state index in [0.717, 1.165) is 11.8 Å². The van der Waals surface area contributed by atoms with Gasteiger partial charge in [0.15, 0.2) is 0 Å². The number of hydrogen-bond acceptors (Lipinski definition) is 2. The predicted octanol–water partition coefficient (Wildman–Crippen LogP) is 2.13. The van der Waals surface area contributed by atoms with E-state index >= 15 is 0 Å². The lowest BCUT2D eigenvalue weighted by Gasteiger charge is -2.32. The zero-order valence-electron chi connectivity index (χ0n) is 8.42. The number of rotatable bonds is 2. The average molecular weight is 171 g/mol. The van der Waals surface area contributed by atoms with Crippen molar-refractivity contribution in [3.8, 4) is 0 Å². The van der Waals surface area contributed by atoms with E-state index in [2.05, 4.69) is 13.8 Å². The Morgan fingerprint density at radius 3 is 2.42 bits per heavy atom. The standard InChI is InChI=1S/C10H21NO/c1-7-4-5-10(6-8(7)2)12-9(3)11/h7-10H,4-6,11H2,1-3H3/t7?,8?,9-,10?/m1/s1. The first-order chi connectivity index (χ1) is 5.59. The molecule has 1 aliphatic rings. The third-order valence-electron chi connectivity index (χ3n) is 2.96. The van der Waals surface area contributed by atoms with E-state index in [-0.39, 0.29) is 6.23 Å². The van der Waals surface area contributed by atoms with Gasteiger partial charge in [0.1, 0.15) is 6.23 Å². The van der Waals surface area contributed by atoms with Gasteiger partial charge in [-0.2, -0.15) is 0 Å². The van der Waals surface area contributed by atoms with Crippen LogP contribution in [0.5, 0.6) is 0 Å². The van der Waals surface area contributed by atoms with Gasteiger partial charge in [0.05, 0.1) is 6.10 Å². The Kier molecular flexibility index (Phi) is 3.53. The number of ether oxygens (including phenoxy) is 1. The van der Waals surface area contributed by atoms with Crippen LogP contribution in [-0.4, -0.2) is 12.3 Å². The minimum atomic E-state index is -0.101. The van der Waals surface area contributed by atoms with E-state index in [1.54, 1.807) is 0 Å². The van der Waals surface area contributed by atoms with Crippen molar-refractivity contribution >= 4 is 0 Å². The van der Waals surface area contributed by atoms with E-state index in [4.69, 9.17) is 10.5 Å². The van der Waals surface area contributed by atoms with Gasteiger partial charge >= 0.3 is 0 Å². The second-order valence-corrected chi connectivity index (χ2v) is 4.23. The molecule has 3 unspecified atom stereocenters. The smallest absolute Gasteiger partial charge is 0.103 e. The van der Waals surface area contributed by atoms with Crippen LogP contribution in [0.3, 0.4) is 0 Å². The molecular formula is C10H21NO. The molecule has 0 aromatic heterocycles. The summed E-state index contributed by atoms with van der Waals surface area (Å²) < 4.78 is 5.59. The monoisotopic (exact) mass is 171 g/mol. The molecule has 0 radical (unpaired) electrons. The van der Waals surface area contributed by atoms with Crippen LogP contribution < -0.4 is 5.73 Å². The summed E-state index contributed by atoms with van der Waals surface area (Å²) in [5, 5.41) is 0. The molecule has 0 spiro atoms. The highest BCUT2D eigenvalue weighted by molar-refractivity contribution is 4.75. The highest BCUT2D eigenvalue weighted by Gasteiger charge is 2.25. The summed E-state index contributed by atoms with van der Waals surface area (Å²) in [6.45, 7) is 6.54. The predicted molar refractivity (Wildman–Crippen MR) is 50.7 cm³/mol. The van der Waals surface area contributed by atoms with Gasteiger partial charge < -0.3 is 10.5 Å². The molecule has 1 rings (SSSR count). The van der Waals surface area contributed by atoms with Crippen LogP contribution in [0.1, 0.15) is 40.0 Å². The molecule has 2 nitrogen and oxygen atoms in total. The Labute approximate surface area is 75.5 Å². The van der Waals surface area contributed by atoms with Gasteiger partial charge in [-0.3, -0.25) is 0 Å². The van der Waals surface area contributed by atoms with E-state index in [9.17, 15) is 0 Å². The fourth-order valence-corrected chi connectivity index (χ4v) is 1.93. The minimum Gasteiger partial charge on any atom is -0.361 e. The maximum atomic E-state index is 5.59. The van der Waals surface area contributed by atoms with E-state index in [1.165, 1.54) is 19.3 Å². The van der Waals surface area contributed by atoms with Crippen molar-refractivity contribution < 1.29 is 4.74 Å². The number of nitrogens with two attached hydrogens (primary N) is 1. The molecule has 0 saturated heterocycles. The van der Waals surface area contributed by atoms with Crippen LogP contribution in [-0.2, 0) is 4.74 Å². The molecule has 0 aliphatic heterocycles. The van der Waals surface area contributed by atoms with Gasteiger partial charge in [-0.15, -0.1) is 0 Å². The molecule has 2 heteroatoms. The van der Waals surface area contributed by atoms with Gasteiger partial charge in [0.2, 0.25) is 0 Å². The van der Waals surface area contributed by atoms with E-state index in [1.807, 2.05) is 6.92 Å². The molecule has 0 heterocycles. The molecule has 1 fully saturated rings. The van der Waals surface area contributed by atoms with Gasteiger partial charge in [-0.05, 0) is 38.0 Å². The summed E-state index contributed by atoms with van der Waals surface area (Å²) in [7, 11) is 0. The summed E-state index contributed by atoms with van der Waals surface area (Å²) in [5.74, 6) is 1.65. The fourth-order valence-electron chi connectivity index (χ4n) is 1.93. The summed E-state index contributed by atoms with van der Waals surface area (Å²) in [4.78, 5) is 0. The van der Waals surface area contributed by atoms with Gasteiger partial charge in [-0.25, -0.2) is 0 Å². The Morgan fingerprint density at radius 1 is 1.25 bits per heavy atom. The second-order valence-electron chi connectivity index (χ2n) is 4.23. The Hall–Kier alpha value is -0.0800. The quantitative estimate of drug-likeness (QED) is 0.646. The molecule has 1 aliphatic carbocycles. The number of hydrogen-bond donors (Lipinski definition) is 1. The first kappa shape index (κ1) is 10.0. The van der Waals surface area contributed by atoms with Gasteiger partial charge in [-0.1, -0.05) is 13.8 Å². The van der Waals surface area contributed by atoms with E-state index in [0.29, 0.717) is 6.10 Å². The molecule has 4 atom stereocenters. The largest absolute Gasteiger partial charge is 0.361 e. The van der Waals surface area contributed by atoms with Crippen LogP contribution in [0.4, 0.5) is 0 Å².